The molecule has 1 N–H and O–H groups in total. The van der Waals surface area contributed by atoms with Crippen LogP contribution in [0.4, 0.5) is 0 Å². The Hall–Kier alpha value is -3.15. The van der Waals surface area contributed by atoms with Crippen LogP contribution < -0.4 is 15.7 Å². The van der Waals surface area contributed by atoms with Crippen LogP contribution in [-0.2, 0) is 6.54 Å². The van der Waals surface area contributed by atoms with Crippen molar-refractivity contribution in [2.75, 3.05) is 27.7 Å². The molecule has 1 atom stereocenters. The number of hydrogen-bond acceptors (Lipinski definition) is 5. The topological polar surface area (TPSA) is 54.7 Å². The average Bonchev–Trinajstić information content (AvgIpc) is 2.76. The fourth-order valence-electron chi connectivity index (χ4n) is 3.93. The van der Waals surface area contributed by atoms with Gasteiger partial charge in [0, 0.05) is 30.6 Å². The highest BCUT2D eigenvalue weighted by atomic mass is 16.5. The van der Waals surface area contributed by atoms with E-state index in [0.717, 1.165) is 34.0 Å². The lowest BCUT2D eigenvalue weighted by molar-refractivity contribution is 0.288. The van der Waals surface area contributed by atoms with Crippen molar-refractivity contribution in [3.05, 3.63) is 88.3 Å². The Morgan fingerprint density at radius 2 is 1.80 bits per heavy atom. The van der Waals surface area contributed by atoms with Gasteiger partial charge >= 0.3 is 5.63 Å². The van der Waals surface area contributed by atoms with Crippen LogP contribution >= 0.6 is 0 Å². The second-order valence-electron chi connectivity index (χ2n) is 7.63. The fourth-order valence-corrected chi connectivity index (χ4v) is 3.93. The third-order valence-corrected chi connectivity index (χ3v) is 5.49. The number of rotatable bonds is 7. The van der Waals surface area contributed by atoms with Crippen LogP contribution in [0, 0.1) is 0 Å². The minimum atomic E-state index is -0.325. The largest absolute Gasteiger partial charge is 0.497 e. The summed E-state index contributed by atoms with van der Waals surface area (Å²) in [6.45, 7) is 1.32. The van der Waals surface area contributed by atoms with Crippen molar-refractivity contribution < 1.29 is 9.15 Å². The summed E-state index contributed by atoms with van der Waals surface area (Å²) in [5.41, 5.74) is 2.45. The lowest BCUT2D eigenvalue weighted by Gasteiger charge is -2.25. The maximum Gasteiger partial charge on any atom is 0.336 e. The molecule has 5 heteroatoms. The van der Waals surface area contributed by atoms with Gasteiger partial charge in [-0.15, -0.1) is 0 Å². The summed E-state index contributed by atoms with van der Waals surface area (Å²) in [5.74, 6) is 0.846. The van der Waals surface area contributed by atoms with Gasteiger partial charge in [-0.25, -0.2) is 4.79 Å². The van der Waals surface area contributed by atoms with Crippen LogP contribution in [0.25, 0.3) is 21.7 Å². The van der Waals surface area contributed by atoms with E-state index in [2.05, 4.69) is 48.6 Å². The van der Waals surface area contributed by atoms with Gasteiger partial charge in [-0.3, -0.25) is 0 Å². The number of benzene rings is 3. The number of methoxy groups -OCH3 is 1. The molecule has 4 rings (SSSR count). The first-order chi connectivity index (χ1) is 14.6. The minimum Gasteiger partial charge on any atom is -0.497 e. The van der Waals surface area contributed by atoms with Crippen LogP contribution in [0.3, 0.4) is 0 Å². The first-order valence-corrected chi connectivity index (χ1v) is 10.0. The zero-order valence-electron chi connectivity index (χ0n) is 17.5. The van der Waals surface area contributed by atoms with Crippen LogP contribution in [0.2, 0.25) is 0 Å². The van der Waals surface area contributed by atoms with E-state index >= 15 is 0 Å². The molecule has 0 amide bonds. The normalized spacial score (nSPS) is 12.5. The van der Waals surface area contributed by atoms with Gasteiger partial charge in [-0.05, 0) is 54.2 Å². The molecule has 1 aromatic heterocycles. The quantitative estimate of drug-likeness (QED) is 0.368. The summed E-state index contributed by atoms with van der Waals surface area (Å²) in [5, 5.41) is 6.75. The lowest BCUT2D eigenvalue weighted by Crippen LogP contribution is -2.31. The van der Waals surface area contributed by atoms with Crippen LogP contribution in [0.15, 0.2) is 75.9 Å². The summed E-state index contributed by atoms with van der Waals surface area (Å²) < 4.78 is 10.7. The Morgan fingerprint density at radius 3 is 2.53 bits per heavy atom. The summed E-state index contributed by atoms with van der Waals surface area (Å²) in [6, 6.07) is 22.0. The molecule has 0 fully saturated rings. The third kappa shape index (κ3) is 4.08. The Bertz CT molecular complexity index is 1210. The number of fused-ring (bicyclic) bond motifs is 3. The van der Waals surface area contributed by atoms with Crippen molar-refractivity contribution in [3.8, 4) is 5.75 Å². The standard InChI is InChI=1S/C25H26N2O3/c1-27(2)22(18-8-11-20(29-3)12-9-18)16-26-15-19-14-24(28)30-23-13-10-17-6-4-5-7-21(17)25(19)23/h4-14,22,26H,15-16H2,1-3H3/t22-/m1/s1. The van der Waals surface area contributed by atoms with Crippen molar-refractivity contribution in [1.29, 1.82) is 0 Å². The van der Waals surface area contributed by atoms with Crippen LogP contribution in [0.5, 0.6) is 5.75 Å². The van der Waals surface area contributed by atoms with Gasteiger partial charge in [-0.1, -0.05) is 42.5 Å². The molecule has 5 nitrogen and oxygen atoms in total. The highest BCUT2D eigenvalue weighted by Crippen LogP contribution is 2.27. The highest BCUT2D eigenvalue weighted by molar-refractivity contribution is 6.07. The molecule has 1 heterocycles. The van der Waals surface area contributed by atoms with Gasteiger partial charge in [0.2, 0.25) is 0 Å². The van der Waals surface area contributed by atoms with Gasteiger partial charge < -0.3 is 19.4 Å². The predicted molar refractivity (Wildman–Crippen MR) is 121 cm³/mol. The van der Waals surface area contributed by atoms with Gasteiger partial charge in [0.1, 0.15) is 11.3 Å². The van der Waals surface area contributed by atoms with E-state index in [4.69, 9.17) is 9.15 Å². The highest BCUT2D eigenvalue weighted by Gasteiger charge is 2.15. The summed E-state index contributed by atoms with van der Waals surface area (Å²) in [4.78, 5) is 14.3. The number of nitrogens with one attached hydrogen (secondary N) is 1. The molecule has 4 aromatic rings. The number of ether oxygens (including phenoxy) is 1. The first kappa shape index (κ1) is 20.1. The first-order valence-electron chi connectivity index (χ1n) is 10.0. The second kappa shape index (κ2) is 8.69. The number of likely N-dealkylation sites (N-methyl/N-ethyl adjacent to an activating group) is 1. The molecule has 0 aliphatic carbocycles. The fraction of sp³-hybridized carbons (Fsp3) is 0.240. The smallest absolute Gasteiger partial charge is 0.336 e. The van der Waals surface area contributed by atoms with E-state index in [0.29, 0.717) is 12.1 Å². The Kier molecular flexibility index (Phi) is 5.84. The van der Waals surface area contributed by atoms with Crippen molar-refractivity contribution in [2.24, 2.45) is 0 Å². The molecule has 0 aliphatic heterocycles. The van der Waals surface area contributed by atoms with E-state index in [1.807, 2.05) is 36.4 Å². The molecular weight excluding hydrogens is 376 g/mol. The molecular formula is C25H26N2O3. The zero-order valence-corrected chi connectivity index (χ0v) is 17.5. The predicted octanol–water partition coefficient (Wildman–Crippen LogP) is 4.35. The van der Waals surface area contributed by atoms with Gasteiger partial charge in [0.05, 0.1) is 7.11 Å². The summed E-state index contributed by atoms with van der Waals surface area (Å²) >= 11 is 0. The lowest BCUT2D eigenvalue weighted by atomic mass is 10.0. The number of nitrogens with zero attached hydrogens (tertiary/aromatic N) is 1. The molecule has 0 aliphatic rings. The maximum atomic E-state index is 12.1. The molecule has 0 bridgehead atoms. The second-order valence-corrected chi connectivity index (χ2v) is 7.63. The van der Waals surface area contributed by atoms with Crippen molar-refractivity contribution in [3.63, 3.8) is 0 Å². The third-order valence-electron chi connectivity index (χ3n) is 5.49. The summed E-state index contributed by atoms with van der Waals surface area (Å²) in [7, 11) is 5.80. The van der Waals surface area contributed by atoms with E-state index in [-0.39, 0.29) is 11.7 Å². The summed E-state index contributed by atoms with van der Waals surface area (Å²) in [6.07, 6.45) is 0. The SMILES string of the molecule is COc1ccc([C@@H](CNCc2cc(=O)oc3ccc4ccccc4c23)N(C)C)cc1. The molecule has 0 unspecified atom stereocenters. The van der Waals surface area contributed by atoms with Crippen molar-refractivity contribution in [2.45, 2.75) is 12.6 Å². The van der Waals surface area contributed by atoms with E-state index < -0.39 is 0 Å². The number of hydrogen-bond donors (Lipinski definition) is 1. The monoisotopic (exact) mass is 402 g/mol. The average molecular weight is 402 g/mol. The molecule has 3 aromatic carbocycles. The molecule has 154 valence electrons. The Morgan fingerprint density at radius 1 is 1.03 bits per heavy atom. The zero-order chi connectivity index (χ0) is 21.1. The molecule has 0 saturated carbocycles. The van der Waals surface area contributed by atoms with Gasteiger partial charge in [-0.2, -0.15) is 0 Å². The molecule has 0 saturated heterocycles. The van der Waals surface area contributed by atoms with Crippen LogP contribution in [0.1, 0.15) is 17.2 Å². The molecule has 0 spiro atoms. The van der Waals surface area contributed by atoms with E-state index in [9.17, 15) is 4.79 Å². The van der Waals surface area contributed by atoms with E-state index in [1.54, 1.807) is 13.2 Å². The van der Waals surface area contributed by atoms with E-state index in [1.165, 1.54) is 5.56 Å². The molecule has 30 heavy (non-hydrogen) atoms. The Labute approximate surface area is 175 Å². The minimum absolute atomic E-state index is 0.194. The van der Waals surface area contributed by atoms with Crippen molar-refractivity contribution >= 4 is 21.7 Å². The van der Waals surface area contributed by atoms with Gasteiger partial charge in [0.25, 0.3) is 0 Å². The van der Waals surface area contributed by atoms with Gasteiger partial charge in [0.15, 0.2) is 0 Å². The molecule has 0 radical (unpaired) electrons. The van der Waals surface area contributed by atoms with Crippen molar-refractivity contribution in [1.82, 2.24) is 10.2 Å². The maximum absolute atomic E-state index is 12.1. The van der Waals surface area contributed by atoms with Crippen LogP contribution in [-0.4, -0.2) is 32.6 Å². The Balaban J connectivity index is 1.60.